The summed E-state index contributed by atoms with van der Waals surface area (Å²) in [4.78, 5) is 15.7. The molecule has 4 rings (SSSR count). The molecule has 0 aromatic carbocycles. The number of hydrogen-bond donors (Lipinski definition) is 0. The standard InChI is InChI=1S/C14H21N3O4/c18-17(19)13-11-2-1-3-12(21-11)16-6-5-15(14(13)16)8-10-4-7-20-9-10/h10-12H,1-9H2/t10?,11-,12+/m0/s1. The van der Waals surface area contributed by atoms with Crippen LogP contribution in [0.4, 0.5) is 0 Å². The molecule has 0 spiro atoms. The van der Waals surface area contributed by atoms with Crippen molar-refractivity contribution in [2.24, 2.45) is 5.92 Å². The van der Waals surface area contributed by atoms with Gasteiger partial charge in [-0.3, -0.25) is 10.1 Å². The third kappa shape index (κ3) is 2.19. The molecule has 0 amide bonds. The minimum Gasteiger partial charge on any atom is -0.381 e. The Labute approximate surface area is 123 Å². The molecule has 0 aromatic heterocycles. The Kier molecular flexibility index (Phi) is 3.26. The van der Waals surface area contributed by atoms with E-state index in [0.717, 1.165) is 64.4 Å². The van der Waals surface area contributed by atoms with Crippen LogP contribution in [0.5, 0.6) is 0 Å². The second-order valence-corrected chi connectivity index (χ2v) is 6.35. The van der Waals surface area contributed by atoms with Crippen molar-refractivity contribution in [3.8, 4) is 0 Å². The van der Waals surface area contributed by atoms with Gasteiger partial charge in [-0.1, -0.05) is 0 Å². The van der Waals surface area contributed by atoms with Crippen LogP contribution in [0.1, 0.15) is 25.7 Å². The van der Waals surface area contributed by atoms with Crippen LogP contribution < -0.4 is 0 Å². The van der Waals surface area contributed by atoms with Crippen LogP contribution in [0.2, 0.25) is 0 Å². The number of hydrogen-bond acceptors (Lipinski definition) is 6. The van der Waals surface area contributed by atoms with E-state index in [1.807, 2.05) is 0 Å². The maximum absolute atomic E-state index is 11.6. The highest BCUT2D eigenvalue weighted by Gasteiger charge is 2.48. The van der Waals surface area contributed by atoms with Crippen molar-refractivity contribution in [3.05, 3.63) is 21.6 Å². The fraction of sp³-hybridized carbons (Fsp3) is 0.857. The number of nitro groups is 1. The summed E-state index contributed by atoms with van der Waals surface area (Å²) >= 11 is 0. The first-order chi connectivity index (χ1) is 10.2. The third-order valence-electron chi connectivity index (χ3n) is 5.00. The van der Waals surface area contributed by atoms with Gasteiger partial charge in [0.05, 0.1) is 11.5 Å². The van der Waals surface area contributed by atoms with E-state index >= 15 is 0 Å². The van der Waals surface area contributed by atoms with E-state index in [4.69, 9.17) is 9.47 Å². The monoisotopic (exact) mass is 295 g/mol. The third-order valence-corrected chi connectivity index (χ3v) is 5.00. The van der Waals surface area contributed by atoms with E-state index in [1.165, 1.54) is 0 Å². The van der Waals surface area contributed by atoms with Gasteiger partial charge in [0.25, 0.3) is 0 Å². The molecule has 4 aliphatic rings. The second-order valence-electron chi connectivity index (χ2n) is 6.35. The normalized spacial score (nSPS) is 35.3. The highest BCUT2D eigenvalue weighted by atomic mass is 16.6. The lowest BCUT2D eigenvalue weighted by Crippen LogP contribution is -2.49. The quantitative estimate of drug-likeness (QED) is 0.571. The van der Waals surface area contributed by atoms with Crippen LogP contribution >= 0.6 is 0 Å². The van der Waals surface area contributed by atoms with E-state index in [0.29, 0.717) is 5.92 Å². The van der Waals surface area contributed by atoms with Crippen LogP contribution in [0.25, 0.3) is 0 Å². The highest BCUT2D eigenvalue weighted by molar-refractivity contribution is 5.19. The molecule has 0 saturated carbocycles. The van der Waals surface area contributed by atoms with Gasteiger partial charge in [0.1, 0.15) is 6.23 Å². The summed E-state index contributed by atoms with van der Waals surface area (Å²) in [7, 11) is 0. The van der Waals surface area contributed by atoms with Gasteiger partial charge < -0.3 is 19.3 Å². The fourth-order valence-electron chi connectivity index (χ4n) is 4.01. The topological polar surface area (TPSA) is 68.1 Å². The van der Waals surface area contributed by atoms with Crippen molar-refractivity contribution >= 4 is 0 Å². The predicted molar refractivity (Wildman–Crippen MR) is 73.7 cm³/mol. The molecule has 3 atom stereocenters. The molecular formula is C14H21N3O4. The first-order valence-corrected chi connectivity index (χ1v) is 7.87. The zero-order chi connectivity index (χ0) is 14.4. The van der Waals surface area contributed by atoms with Gasteiger partial charge in [0, 0.05) is 32.2 Å². The summed E-state index contributed by atoms with van der Waals surface area (Å²) in [5, 5.41) is 11.6. The van der Waals surface area contributed by atoms with Crippen molar-refractivity contribution < 1.29 is 14.4 Å². The molecule has 3 saturated heterocycles. The Hall–Kier alpha value is -1.34. The van der Waals surface area contributed by atoms with Crippen LogP contribution in [0.15, 0.2) is 11.5 Å². The Balaban J connectivity index is 1.65. The number of ether oxygens (including phenoxy) is 2. The molecule has 0 aromatic rings. The summed E-state index contributed by atoms with van der Waals surface area (Å²) in [6, 6.07) is 0. The lowest BCUT2D eigenvalue weighted by Gasteiger charge is -2.41. The van der Waals surface area contributed by atoms with Crippen molar-refractivity contribution in [2.75, 3.05) is 32.8 Å². The lowest BCUT2D eigenvalue weighted by molar-refractivity contribution is -0.448. The Morgan fingerprint density at radius 3 is 2.95 bits per heavy atom. The van der Waals surface area contributed by atoms with E-state index in [1.54, 1.807) is 0 Å². The Bertz CT molecular complexity index is 475. The minimum atomic E-state index is -0.328. The van der Waals surface area contributed by atoms with E-state index < -0.39 is 0 Å². The molecule has 1 unspecified atom stereocenters. The SMILES string of the molecule is O=[N+]([O-])C1=C2N(CC3CCOC3)CCN2[C@H]2CCC[C@@H]1O2. The fourth-order valence-corrected chi connectivity index (χ4v) is 4.01. The van der Waals surface area contributed by atoms with Gasteiger partial charge in [-0.2, -0.15) is 0 Å². The van der Waals surface area contributed by atoms with Gasteiger partial charge >= 0.3 is 5.70 Å². The average molecular weight is 295 g/mol. The smallest absolute Gasteiger partial charge is 0.314 e. The first-order valence-electron chi connectivity index (χ1n) is 7.87. The van der Waals surface area contributed by atoms with Crippen LogP contribution in [0, 0.1) is 16.0 Å². The molecule has 0 aliphatic carbocycles. The molecule has 7 heteroatoms. The molecule has 4 heterocycles. The highest BCUT2D eigenvalue weighted by Crippen LogP contribution is 2.39. The van der Waals surface area contributed by atoms with Gasteiger partial charge in [-0.25, -0.2) is 0 Å². The average Bonchev–Trinajstić information content (AvgIpc) is 3.10. The van der Waals surface area contributed by atoms with Crippen molar-refractivity contribution in [3.63, 3.8) is 0 Å². The van der Waals surface area contributed by atoms with E-state index in [9.17, 15) is 10.1 Å². The van der Waals surface area contributed by atoms with Crippen molar-refractivity contribution in [2.45, 2.75) is 38.0 Å². The molecular weight excluding hydrogens is 274 g/mol. The number of rotatable bonds is 3. The van der Waals surface area contributed by atoms with Crippen LogP contribution in [0.3, 0.4) is 0 Å². The zero-order valence-corrected chi connectivity index (χ0v) is 12.1. The minimum absolute atomic E-state index is 0.0345. The predicted octanol–water partition coefficient (Wildman–Crippen LogP) is 0.995. The van der Waals surface area contributed by atoms with Gasteiger partial charge in [0.2, 0.25) is 0 Å². The van der Waals surface area contributed by atoms with Crippen molar-refractivity contribution in [1.82, 2.24) is 9.80 Å². The van der Waals surface area contributed by atoms with Crippen LogP contribution in [-0.2, 0) is 9.47 Å². The number of nitrogens with zero attached hydrogens (tertiary/aromatic N) is 3. The van der Waals surface area contributed by atoms with Crippen molar-refractivity contribution in [1.29, 1.82) is 0 Å². The molecule has 4 aliphatic heterocycles. The zero-order valence-electron chi connectivity index (χ0n) is 12.1. The van der Waals surface area contributed by atoms with Gasteiger partial charge in [0.15, 0.2) is 11.9 Å². The molecule has 3 fully saturated rings. The second kappa shape index (κ2) is 5.14. The largest absolute Gasteiger partial charge is 0.381 e. The summed E-state index contributed by atoms with van der Waals surface area (Å²) in [6.45, 7) is 4.15. The van der Waals surface area contributed by atoms with Crippen LogP contribution in [-0.4, -0.2) is 59.9 Å². The maximum Gasteiger partial charge on any atom is 0.314 e. The van der Waals surface area contributed by atoms with Gasteiger partial charge in [-0.05, 0) is 25.7 Å². The van der Waals surface area contributed by atoms with E-state index in [2.05, 4.69) is 9.80 Å². The lowest BCUT2D eigenvalue weighted by atomic mass is 10.0. The Morgan fingerprint density at radius 2 is 2.19 bits per heavy atom. The summed E-state index contributed by atoms with van der Waals surface area (Å²) in [6.07, 6.45) is 3.52. The summed E-state index contributed by atoms with van der Waals surface area (Å²) in [5.74, 6) is 1.32. The molecule has 0 radical (unpaired) electrons. The maximum atomic E-state index is 11.6. The Morgan fingerprint density at radius 1 is 1.29 bits per heavy atom. The van der Waals surface area contributed by atoms with Gasteiger partial charge in [-0.15, -0.1) is 0 Å². The summed E-state index contributed by atoms with van der Waals surface area (Å²) in [5.41, 5.74) is 0.280. The molecule has 116 valence electrons. The molecule has 21 heavy (non-hydrogen) atoms. The summed E-state index contributed by atoms with van der Waals surface area (Å²) < 4.78 is 11.3. The molecule has 2 bridgehead atoms. The molecule has 0 N–H and O–H groups in total. The van der Waals surface area contributed by atoms with E-state index in [-0.39, 0.29) is 23.0 Å². The number of fused-ring (bicyclic) bond motifs is 4. The molecule has 7 nitrogen and oxygen atoms in total. The first kappa shape index (κ1) is 13.3.